The molecule has 2 aromatic rings. The number of hydrogen-bond donors (Lipinski definition) is 1. The predicted octanol–water partition coefficient (Wildman–Crippen LogP) is 3.71. The van der Waals surface area contributed by atoms with Gasteiger partial charge in [0.25, 0.3) is 11.8 Å². The first-order chi connectivity index (χ1) is 11.0. The van der Waals surface area contributed by atoms with E-state index in [9.17, 15) is 9.59 Å². The van der Waals surface area contributed by atoms with Crippen LogP contribution in [0.5, 0.6) is 5.75 Å². The van der Waals surface area contributed by atoms with Crippen molar-refractivity contribution in [2.24, 2.45) is 0 Å². The number of amides is 2. The van der Waals surface area contributed by atoms with Gasteiger partial charge in [0.15, 0.2) is 12.4 Å². The lowest BCUT2D eigenvalue weighted by Gasteiger charge is -2.27. The van der Waals surface area contributed by atoms with Crippen LogP contribution in [-0.2, 0) is 4.79 Å². The van der Waals surface area contributed by atoms with E-state index in [1.807, 2.05) is 0 Å². The fourth-order valence-corrected chi connectivity index (χ4v) is 3.14. The highest BCUT2D eigenvalue weighted by atomic mass is 79.9. The fourth-order valence-electron chi connectivity index (χ4n) is 2.28. The Morgan fingerprint density at radius 3 is 2.87 bits per heavy atom. The maximum Gasteiger partial charge on any atom is 0.264 e. The third-order valence-corrected chi connectivity index (χ3v) is 4.12. The van der Waals surface area contributed by atoms with Crippen molar-refractivity contribution >= 4 is 50.7 Å². The Morgan fingerprint density at radius 1 is 1.35 bits per heavy atom. The SMILES string of the molecule is CN1C(=O)COc2c(NC(=O)c3cc(Cl)cc(Br)c3)cccc21. The number of para-hydroxylation sites is 1. The Bertz CT molecular complexity index is 790. The molecule has 5 nitrogen and oxygen atoms in total. The highest BCUT2D eigenvalue weighted by molar-refractivity contribution is 9.10. The molecule has 7 heteroatoms. The molecule has 0 saturated heterocycles. The molecule has 0 saturated carbocycles. The maximum atomic E-state index is 12.4. The van der Waals surface area contributed by atoms with Crippen molar-refractivity contribution in [1.29, 1.82) is 0 Å². The van der Waals surface area contributed by atoms with Crippen LogP contribution in [0.4, 0.5) is 11.4 Å². The lowest BCUT2D eigenvalue weighted by Crippen LogP contribution is -2.35. The molecule has 0 spiro atoms. The number of carbonyl (C=O) groups is 2. The molecule has 2 amide bonds. The summed E-state index contributed by atoms with van der Waals surface area (Å²) in [6.45, 7) is -0.0565. The fraction of sp³-hybridized carbons (Fsp3) is 0.125. The van der Waals surface area contributed by atoms with E-state index >= 15 is 0 Å². The Morgan fingerprint density at radius 2 is 2.13 bits per heavy atom. The molecule has 2 aromatic carbocycles. The van der Waals surface area contributed by atoms with Gasteiger partial charge in [0.2, 0.25) is 0 Å². The molecule has 1 N–H and O–H groups in total. The summed E-state index contributed by atoms with van der Waals surface area (Å²) in [5.74, 6) is 0.0218. The second-order valence-corrected chi connectivity index (χ2v) is 6.36. The largest absolute Gasteiger partial charge is 0.479 e. The normalized spacial score (nSPS) is 13.3. The van der Waals surface area contributed by atoms with E-state index in [0.717, 1.165) is 0 Å². The van der Waals surface area contributed by atoms with Gasteiger partial charge in [-0.05, 0) is 30.3 Å². The van der Waals surface area contributed by atoms with E-state index in [0.29, 0.717) is 32.2 Å². The predicted molar refractivity (Wildman–Crippen MR) is 92.5 cm³/mol. The highest BCUT2D eigenvalue weighted by Crippen LogP contribution is 2.38. The number of fused-ring (bicyclic) bond motifs is 1. The molecule has 1 aliphatic heterocycles. The second-order valence-electron chi connectivity index (χ2n) is 5.01. The van der Waals surface area contributed by atoms with Gasteiger partial charge >= 0.3 is 0 Å². The zero-order chi connectivity index (χ0) is 16.6. The van der Waals surface area contributed by atoms with Gasteiger partial charge in [-0.1, -0.05) is 33.6 Å². The van der Waals surface area contributed by atoms with Crippen LogP contribution in [-0.4, -0.2) is 25.5 Å². The summed E-state index contributed by atoms with van der Waals surface area (Å²) in [4.78, 5) is 25.6. The zero-order valence-corrected chi connectivity index (χ0v) is 14.4. The number of ether oxygens (including phenoxy) is 1. The first kappa shape index (κ1) is 15.8. The maximum absolute atomic E-state index is 12.4. The third kappa shape index (κ3) is 3.18. The minimum Gasteiger partial charge on any atom is -0.479 e. The van der Waals surface area contributed by atoms with Crippen LogP contribution in [0.1, 0.15) is 10.4 Å². The van der Waals surface area contributed by atoms with E-state index in [4.69, 9.17) is 16.3 Å². The number of anilines is 2. The van der Waals surface area contributed by atoms with Crippen LogP contribution in [0, 0.1) is 0 Å². The van der Waals surface area contributed by atoms with Gasteiger partial charge in [-0.2, -0.15) is 0 Å². The van der Waals surface area contributed by atoms with Gasteiger partial charge in [-0.3, -0.25) is 9.59 Å². The topological polar surface area (TPSA) is 58.6 Å². The number of halogens is 2. The standard InChI is InChI=1S/C16H12BrClN2O3/c1-20-13-4-2-3-12(15(13)23-8-14(20)21)19-16(22)9-5-10(17)7-11(18)6-9/h2-7H,8H2,1H3,(H,19,22). The monoisotopic (exact) mass is 394 g/mol. The second kappa shape index (κ2) is 6.22. The van der Waals surface area contributed by atoms with Gasteiger partial charge in [0.1, 0.15) is 0 Å². The Kier molecular flexibility index (Phi) is 4.28. The molecule has 0 atom stereocenters. The van der Waals surface area contributed by atoms with Gasteiger partial charge in [0, 0.05) is 22.1 Å². The summed E-state index contributed by atoms with van der Waals surface area (Å²) in [6.07, 6.45) is 0. The first-order valence-corrected chi connectivity index (χ1v) is 7.92. The Hall–Kier alpha value is -2.05. The number of nitrogens with zero attached hydrogens (tertiary/aromatic N) is 1. The Labute approximate surface area is 146 Å². The molecule has 0 radical (unpaired) electrons. The van der Waals surface area contributed by atoms with Crippen LogP contribution in [0.15, 0.2) is 40.9 Å². The summed E-state index contributed by atoms with van der Waals surface area (Å²) in [6, 6.07) is 10.2. The van der Waals surface area contributed by atoms with Crippen molar-refractivity contribution in [3.8, 4) is 5.75 Å². The summed E-state index contributed by atoms with van der Waals surface area (Å²) in [7, 11) is 1.67. The molecular formula is C16H12BrClN2O3. The minimum absolute atomic E-state index is 0.0565. The quantitative estimate of drug-likeness (QED) is 0.843. The van der Waals surface area contributed by atoms with Crippen LogP contribution in [0.2, 0.25) is 5.02 Å². The summed E-state index contributed by atoms with van der Waals surface area (Å²) < 4.78 is 6.19. The molecule has 0 fully saturated rings. The average Bonchev–Trinajstić information content (AvgIpc) is 2.50. The molecule has 1 heterocycles. The van der Waals surface area contributed by atoms with Crippen LogP contribution in [0.25, 0.3) is 0 Å². The molecule has 0 bridgehead atoms. The van der Waals surface area contributed by atoms with Crippen LogP contribution >= 0.6 is 27.5 Å². The Balaban J connectivity index is 1.92. The highest BCUT2D eigenvalue weighted by Gasteiger charge is 2.25. The lowest BCUT2D eigenvalue weighted by atomic mass is 10.1. The van der Waals surface area contributed by atoms with Crippen molar-refractivity contribution in [2.45, 2.75) is 0 Å². The van der Waals surface area contributed by atoms with E-state index in [1.165, 1.54) is 4.90 Å². The minimum atomic E-state index is -0.315. The number of rotatable bonds is 2. The zero-order valence-electron chi connectivity index (χ0n) is 12.1. The summed E-state index contributed by atoms with van der Waals surface area (Å²) >= 11 is 9.28. The third-order valence-electron chi connectivity index (χ3n) is 3.44. The molecular weight excluding hydrogens is 384 g/mol. The molecule has 0 aliphatic carbocycles. The number of hydrogen-bond acceptors (Lipinski definition) is 3. The number of carbonyl (C=O) groups excluding carboxylic acids is 2. The number of likely N-dealkylation sites (N-methyl/N-ethyl adjacent to an activating group) is 1. The van der Waals surface area contributed by atoms with Gasteiger partial charge in [-0.15, -0.1) is 0 Å². The molecule has 23 heavy (non-hydrogen) atoms. The van der Waals surface area contributed by atoms with Crippen molar-refractivity contribution in [3.05, 3.63) is 51.5 Å². The van der Waals surface area contributed by atoms with E-state index in [-0.39, 0.29) is 18.4 Å². The molecule has 118 valence electrons. The lowest BCUT2D eigenvalue weighted by molar-refractivity contribution is -0.120. The van der Waals surface area contributed by atoms with E-state index in [2.05, 4.69) is 21.2 Å². The smallest absolute Gasteiger partial charge is 0.264 e. The van der Waals surface area contributed by atoms with Crippen LogP contribution < -0.4 is 15.0 Å². The van der Waals surface area contributed by atoms with Crippen molar-refractivity contribution in [2.75, 3.05) is 23.9 Å². The molecule has 0 aromatic heterocycles. The summed E-state index contributed by atoms with van der Waals surface area (Å²) in [5.41, 5.74) is 1.54. The van der Waals surface area contributed by atoms with Crippen molar-refractivity contribution < 1.29 is 14.3 Å². The van der Waals surface area contributed by atoms with E-state index < -0.39 is 0 Å². The number of nitrogens with one attached hydrogen (secondary N) is 1. The molecule has 1 aliphatic rings. The molecule has 3 rings (SSSR count). The van der Waals surface area contributed by atoms with E-state index in [1.54, 1.807) is 43.4 Å². The first-order valence-electron chi connectivity index (χ1n) is 6.75. The van der Waals surface area contributed by atoms with Crippen molar-refractivity contribution in [3.63, 3.8) is 0 Å². The molecule has 0 unspecified atom stereocenters. The average molecular weight is 396 g/mol. The summed E-state index contributed by atoms with van der Waals surface area (Å²) in [5, 5.41) is 3.25. The van der Waals surface area contributed by atoms with Gasteiger partial charge in [-0.25, -0.2) is 0 Å². The van der Waals surface area contributed by atoms with Crippen molar-refractivity contribution in [1.82, 2.24) is 0 Å². The van der Waals surface area contributed by atoms with Gasteiger partial charge < -0.3 is 15.0 Å². The van der Waals surface area contributed by atoms with Gasteiger partial charge in [0.05, 0.1) is 11.4 Å². The number of benzene rings is 2. The van der Waals surface area contributed by atoms with Crippen LogP contribution in [0.3, 0.4) is 0 Å².